The fraction of sp³-hybridized carbons (Fsp3) is 0.500. The molecule has 2 aromatic rings. The second-order valence-electron chi connectivity index (χ2n) is 6.63. The van der Waals surface area contributed by atoms with Crippen LogP contribution in [0.25, 0.3) is 10.9 Å². The van der Waals surface area contributed by atoms with E-state index in [4.69, 9.17) is 21.1 Å². The van der Waals surface area contributed by atoms with E-state index in [0.29, 0.717) is 23.6 Å². The molecule has 0 aliphatic rings. The Bertz CT molecular complexity index is 694. The maximum absolute atomic E-state index is 12.1. The molecule has 2 heterocycles. The van der Waals surface area contributed by atoms with Crippen LogP contribution in [0.5, 0.6) is 5.88 Å². The number of halogens is 1. The lowest BCUT2D eigenvalue weighted by Crippen LogP contribution is -2.21. The Morgan fingerprint density at radius 3 is 2.74 bits per heavy atom. The number of pyridine rings is 1. The molecule has 0 aromatic carbocycles. The lowest BCUT2D eigenvalue weighted by molar-refractivity contribution is 0.0899. The number of carbonyl (C=O) groups is 1. The first-order valence-electron chi connectivity index (χ1n) is 7.56. The summed E-state index contributed by atoms with van der Waals surface area (Å²) < 4.78 is 13.0. The van der Waals surface area contributed by atoms with Crippen molar-refractivity contribution in [1.29, 1.82) is 0 Å². The third kappa shape index (κ3) is 4.34. The first kappa shape index (κ1) is 18.0. The molecule has 0 saturated heterocycles. The predicted octanol–water partition coefficient (Wildman–Crippen LogP) is 3.78. The molecule has 23 heavy (non-hydrogen) atoms. The summed E-state index contributed by atoms with van der Waals surface area (Å²) in [5.74, 6) is 0.203. The van der Waals surface area contributed by atoms with E-state index >= 15 is 0 Å². The monoisotopic (exact) mass is 354 g/mol. The number of nitrogens with zero attached hydrogens (tertiary/aromatic N) is 2. The van der Waals surface area contributed by atoms with Gasteiger partial charge in [0.2, 0.25) is 5.88 Å². The second-order valence-corrected chi connectivity index (χ2v) is 12.5. The molecule has 0 amide bonds. The van der Waals surface area contributed by atoms with E-state index < -0.39 is 8.07 Å². The zero-order valence-corrected chi connectivity index (χ0v) is 15.8. The summed E-state index contributed by atoms with van der Waals surface area (Å²) in [6, 6.07) is 2.95. The Hall–Kier alpha value is -1.37. The van der Waals surface area contributed by atoms with Gasteiger partial charge in [0.1, 0.15) is 6.73 Å². The Balaban J connectivity index is 2.28. The minimum Gasteiger partial charge on any atom is -0.480 e. The minimum atomic E-state index is -1.12. The van der Waals surface area contributed by atoms with E-state index in [1.54, 1.807) is 19.5 Å². The fourth-order valence-electron chi connectivity index (χ4n) is 2.30. The van der Waals surface area contributed by atoms with Crippen LogP contribution >= 0.6 is 11.6 Å². The van der Waals surface area contributed by atoms with E-state index in [-0.39, 0.29) is 11.7 Å². The average Bonchev–Trinajstić information content (AvgIpc) is 2.89. The molecular formula is C16H23ClN2O3Si. The van der Waals surface area contributed by atoms with Crippen LogP contribution in [-0.2, 0) is 11.5 Å². The van der Waals surface area contributed by atoms with Crippen LogP contribution in [-0.4, -0.2) is 43.0 Å². The van der Waals surface area contributed by atoms with Gasteiger partial charge in [0, 0.05) is 32.6 Å². The number of rotatable bonds is 8. The van der Waals surface area contributed by atoms with Gasteiger partial charge in [-0.05, 0) is 12.1 Å². The third-order valence-electron chi connectivity index (χ3n) is 3.60. The van der Waals surface area contributed by atoms with Crippen molar-refractivity contribution in [3.05, 3.63) is 24.0 Å². The molecule has 7 heteroatoms. The zero-order chi connectivity index (χ0) is 17.0. The molecule has 0 spiro atoms. The van der Waals surface area contributed by atoms with Gasteiger partial charge in [-0.15, -0.1) is 11.6 Å². The number of fused-ring (bicyclic) bond motifs is 1. The molecule has 0 unspecified atom stereocenters. The number of hydrogen-bond donors (Lipinski definition) is 0. The van der Waals surface area contributed by atoms with E-state index in [9.17, 15) is 4.79 Å². The summed E-state index contributed by atoms with van der Waals surface area (Å²) in [5.41, 5.74) is 1.38. The number of Topliss-reactive ketones (excluding diaryl/α,β-unsaturated/α-hetero) is 1. The Kier molecular flexibility index (Phi) is 5.83. The topological polar surface area (TPSA) is 53.3 Å². The van der Waals surface area contributed by atoms with Crippen molar-refractivity contribution in [3.8, 4) is 5.88 Å². The van der Waals surface area contributed by atoms with Crippen LogP contribution in [0.3, 0.4) is 0 Å². The van der Waals surface area contributed by atoms with Crippen molar-refractivity contribution in [2.45, 2.75) is 32.4 Å². The van der Waals surface area contributed by atoms with Crippen molar-refractivity contribution >= 4 is 36.4 Å². The lowest BCUT2D eigenvalue weighted by Gasteiger charge is -2.15. The maximum atomic E-state index is 12.1. The number of carbonyl (C=O) groups excluding carboxylic acids is 1. The van der Waals surface area contributed by atoms with Crippen molar-refractivity contribution in [2.24, 2.45) is 0 Å². The van der Waals surface area contributed by atoms with Gasteiger partial charge in [0.25, 0.3) is 0 Å². The predicted molar refractivity (Wildman–Crippen MR) is 95.4 cm³/mol. The molecular weight excluding hydrogens is 332 g/mol. The van der Waals surface area contributed by atoms with Crippen LogP contribution in [0.4, 0.5) is 0 Å². The molecule has 2 aromatic heterocycles. The highest BCUT2D eigenvalue weighted by molar-refractivity contribution is 6.76. The van der Waals surface area contributed by atoms with Crippen LogP contribution in [0, 0.1) is 0 Å². The number of methoxy groups -OCH3 is 1. The standard InChI is InChI=1S/C16H23ClN2O3Si/c1-21-16-15-12(14(20)9-17)10-19(13(15)5-6-18-16)11-22-7-8-23(2,3)4/h5-6,10H,7-9,11H2,1-4H3. The van der Waals surface area contributed by atoms with Crippen molar-refractivity contribution < 1.29 is 14.3 Å². The summed E-state index contributed by atoms with van der Waals surface area (Å²) >= 11 is 5.72. The number of hydrogen-bond acceptors (Lipinski definition) is 4. The normalized spacial score (nSPS) is 11.9. The summed E-state index contributed by atoms with van der Waals surface area (Å²) in [6.07, 6.45) is 3.43. The van der Waals surface area contributed by atoms with Crippen molar-refractivity contribution in [2.75, 3.05) is 19.6 Å². The smallest absolute Gasteiger partial charge is 0.223 e. The van der Waals surface area contributed by atoms with Crippen LogP contribution in [0.15, 0.2) is 18.5 Å². The average molecular weight is 355 g/mol. The first-order chi connectivity index (χ1) is 10.9. The summed E-state index contributed by atoms with van der Waals surface area (Å²) in [5, 5.41) is 0.689. The van der Waals surface area contributed by atoms with E-state index in [1.165, 1.54) is 0 Å². The van der Waals surface area contributed by atoms with Gasteiger partial charge in [-0.3, -0.25) is 4.79 Å². The number of aromatic nitrogens is 2. The van der Waals surface area contributed by atoms with Crippen molar-refractivity contribution in [1.82, 2.24) is 9.55 Å². The second kappa shape index (κ2) is 7.46. The number of alkyl halides is 1. The number of ether oxygens (including phenoxy) is 2. The highest BCUT2D eigenvalue weighted by Gasteiger charge is 2.19. The molecule has 0 atom stereocenters. The SMILES string of the molecule is COc1nccc2c1c(C(=O)CCl)cn2COCC[Si](C)(C)C. The third-order valence-corrected chi connectivity index (χ3v) is 5.55. The van der Waals surface area contributed by atoms with Gasteiger partial charge in [-0.2, -0.15) is 0 Å². The molecule has 0 aliphatic carbocycles. The Morgan fingerprint density at radius 1 is 1.39 bits per heavy atom. The van der Waals surface area contributed by atoms with Gasteiger partial charge >= 0.3 is 0 Å². The van der Waals surface area contributed by atoms with Gasteiger partial charge in [0.05, 0.1) is 23.9 Å². The van der Waals surface area contributed by atoms with Gasteiger partial charge in [0.15, 0.2) is 5.78 Å². The van der Waals surface area contributed by atoms with Crippen LogP contribution < -0.4 is 4.74 Å². The van der Waals surface area contributed by atoms with E-state index in [1.807, 2.05) is 10.6 Å². The zero-order valence-electron chi connectivity index (χ0n) is 14.1. The first-order valence-corrected chi connectivity index (χ1v) is 11.8. The Labute approximate surface area is 142 Å². The quantitative estimate of drug-likeness (QED) is 0.313. The molecule has 0 bridgehead atoms. The molecule has 2 rings (SSSR count). The van der Waals surface area contributed by atoms with Crippen LogP contribution in [0.2, 0.25) is 25.7 Å². The molecule has 0 radical (unpaired) electrons. The van der Waals surface area contributed by atoms with Crippen molar-refractivity contribution in [3.63, 3.8) is 0 Å². The molecule has 0 saturated carbocycles. The molecule has 126 valence electrons. The summed E-state index contributed by atoms with van der Waals surface area (Å²) in [4.78, 5) is 16.3. The Morgan fingerprint density at radius 2 is 2.13 bits per heavy atom. The lowest BCUT2D eigenvalue weighted by atomic mass is 10.1. The fourth-order valence-corrected chi connectivity index (χ4v) is 3.20. The molecule has 0 N–H and O–H groups in total. The van der Waals surface area contributed by atoms with Gasteiger partial charge in [-0.25, -0.2) is 4.98 Å². The highest BCUT2D eigenvalue weighted by Crippen LogP contribution is 2.29. The summed E-state index contributed by atoms with van der Waals surface area (Å²) in [7, 11) is 0.422. The molecule has 0 aliphatic heterocycles. The van der Waals surface area contributed by atoms with Crippen LogP contribution in [0.1, 0.15) is 10.4 Å². The summed E-state index contributed by atoms with van der Waals surface area (Å²) in [6.45, 7) is 8.06. The molecule has 5 nitrogen and oxygen atoms in total. The highest BCUT2D eigenvalue weighted by atomic mass is 35.5. The maximum Gasteiger partial charge on any atom is 0.223 e. The molecule has 0 fully saturated rings. The van der Waals surface area contributed by atoms with E-state index in [2.05, 4.69) is 24.6 Å². The minimum absolute atomic E-state index is 0.0758. The van der Waals surface area contributed by atoms with Gasteiger partial charge < -0.3 is 14.0 Å². The largest absolute Gasteiger partial charge is 0.480 e. The van der Waals surface area contributed by atoms with Gasteiger partial charge in [-0.1, -0.05) is 19.6 Å². The van der Waals surface area contributed by atoms with E-state index in [0.717, 1.165) is 18.2 Å². The number of ketones is 1.